The zero-order valence-corrected chi connectivity index (χ0v) is 7.67. The highest BCUT2D eigenvalue weighted by molar-refractivity contribution is 4.81. The Labute approximate surface area is 69.2 Å². The third-order valence-electron chi connectivity index (χ3n) is 1.18. The molecule has 0 aromatic heterocycles. The van der Waals surface area contributed by atoms with Crippen molar-refractivity contribution in [1.29, 1.82) is 0 Å². The van der Waals surface area contributed by atoms with E-state index in [0.717, 1.165) is 13.0 Å². The van der Waals surface area contributed by atoms with Gasteiger partial charge in [-0.15, -0.1) is 0 Å². The summed E-state index contributed by atoms with van der Waals surface area (Å²) >= 11 is 0. The summed E-state index contributed by atoms with van der Waals surface area (Å²) in [5.41, 5.74) is 0. The number of hydrogen-bond donors (Lipinski definition) is 0. The topological polar surface area (TPSA) is 18.5 Å². The van der Waals surface area contributed by atoms with E-state index in [1.807, 2.05) is 19.9 Å². The third-order valence-corrected chi connectivity index (χ3v) is 1.18. The van der Waals surface area contributed by atoms with Gasteiger partial charge in [-0.25, -0.2) is 0 Å². The molecule has 0 rings (SSSR count). The fourth-order valence-corrected chi connectivity index (χ4v) is 0.620. The van der Waals surface area contributed by atoms with Crippen LogP contribution in [0.1, 0.15) is 20.3 Å². The Morgan fingerprint density at radius 2 is 2.00 bits per heavy atom. The van der Waals surface area contributed by atoms with E-state index in [4.69, 9.17) is 9.47 Å². The first kappa shape index (κ1) is 10.7. The summed E-state index contributed by atoms with van der Waals surface area (Å²) in [5.74, 6) is 0. The molecule has 11 heavy (non-hydrogen) atoms. The van der Waals surface area contributed by atoms with Gasteiger partial charge in [0.1, 0.15) is 0 Å². The number of rotatable bonds is 6. The summed E-state index contributed by atoms with van der Waals surface area (Å²) in [6.45, 7) is 5.56. The molecule has 0 aliphatic heterocycles. The molecule has 2 heteroatoms. The maximum absolute atomic E-state index is 5.29. The Hall–Kier alpha value is -0.340. The minimum absolute atomic E-state index is 0.321. The Morgan fingerprint density at radius 3 is 2.55 bits per heavy atom. The molecule has 0 fully saturated rings. The van der Waals surface area contributed by atoms with Crippen molar-refractivity contribution in [1.82, 2.24) is 0 Å². The van der Waals surface area contributed by atoms with Crippen LogP contribution in [0.25, 0.3) is 0 Å². The standard InChI is InChI=1S/C9H18O2/c1-9(2)11-8-6-4-5-7-10-3/h4,6,9H,5,7-8H2,1-3H3. The molecule has 0 unspecified atom stereocenters. The van der Waals surface area contributed by atoms with Crippen molar-refractivity contribution in [2.75, 3.05) is 20.3 Å². The summed E-state index contributed by atoms with van der Waals surface area (Å²) in [6.07, 6.45) is 5.39. The van der Waals surface area contributed by atoms with Crippen LogP contribution < -0.4 is 0 Å². The highest BCUT2D eigenvalue weighted by Crippen LogP contribution is 1.89. The van der Waals surface area contributed by atoms with Crippen molar-refractivity contribution in [3.05, 3.63) is 12.2 Å². The molecule has 0 spiro atoms. The monoisotopic (exact) mass is 158 g/mol. The van der Waals surface area contributed by atoms with E-state index < -0.39 is 0 Å². The Morgan fingerprint density at radius 1 is 1.27 bits per heavy atom. The molecule has 0 saturated heterocycles. The van der Waals surface area contributed by atoms with Crippen molar-refractivity contribution in [3.63, 3.8) is 0 Å². The van der Waals surface area contributed by atoms with Gasteiger partial charge in [-0.05, 0) is 20.3 Å². The zero-order chi connectivity index (χ0) is 8.53. The summed E-state index contributed by atoms with van der Waals surface area (Å²) in [5, 5.41) is 0. The van der Waals surface area contributed by atoms with E-state index in [1.165, 1.54) is 0 Å². The first-order valence-electron chi connectivity index (χ1n) is 4.03. The molecule has 0 aliphatic rings. The molecule has 0 radical (unpaired) electrons. The van der Waals surface area contributed by atoms with E-state index in [2.05, 4.69) is 6.08 Å². The lowest BCUT2D eigenvalue weighted by atomic mass is 10.4. The van der Waals surface area contributed by atoms with E-state index in [-0.39, 0.29) is 0 Å². The molecule has 0 aliphatic carbocycles. The van der Waals surface area contributed by atoms with Gasteiger partial charge in [0, 0.05) is 13.7 Å². The maximum Gasteiger partial charge on any atom is 0.0650 e. The Bertz CT molecular complexity index is 97.7. The zero-order valence-electron chi connectivity index (χ0n) is 7.67. The average molecular weight is 158 g/mol. The van der Waals surface area contributed by atoms with Crippen LogP contribution in [0.15, 0.2) is 12.2 Å². The molecular formula is C9H18O2. The summed E-state index contributed by atoms with van der Waals surface area (Å²) in [7, 11) is 1.71. The van der Waals surface area contributed by atoms with E-state index in [9.17, 15) is 0 Å². The number of methoxy groups -OCH3 is 1. The Kier molecular flexibility index (Phi) is 7.52. The first-order valence-corrected chi connectivity index (χ1v) is 4.03. The maximum atomic E-state index is 5.29. The third kappa shape index (κ3) is 9.66. The number of ether oxygens (including phenoxy) is 2. The van der Waals surface area contributed by atoms with Crippen molar-refractivity contribution >= 4 is 0 Å². The molecule has 0 heterocycles. The molecule has 0 bridgehead atoms. The second-order valence-electron chi connectivity index (χ2n) is 2.63. The van der Waals surface area contributed by atoms with Gasteiger partial charge in [-0.1, -0.05) is 12.2 Å². The summed E-state index contributed by atoms with van der Waals surface area (Å²) < 4.78 is 10.2. The molecule has 0 saturated carbocycles. The van der Waals surface area contributed by atoms with E-state index in [1.54, 1.807) is 7.11 Å². The van der Waals surface area contributed by atoms with Gasteiger partial charge in [-0.3, -0.25) is 0 Å². The van der Waals surface area contributed by atoms with Crippen LogP contribution in [-0.4, -0.2) is 26.4 Å². The predicted octanol–water partition coefficient (Wildman–Crippen LogP) is 2.00. The molecular weight excluding hydrogens is 140 g/mol. The molecule has 2 nitrogen and oxygen atoms in total. The SMILES string of the molecule is COCCC=CCOC(C)C. The second kappa shape index (κ2) is 7.76. The first-order chi connectivity index (χ1) is 5.27. The van der Waals surface area contributed by atoms with Crippen LogP contribution in [0.4, 0.5) is 0 Å². The predicted molar refractivity (Wildman–Crippen MR) is 46.7 cm³/mol. The van der Waals surface area contributed by atoms with Crippen molar-refractivity contribution in [2.24, 2.45) is 0 Å². The average Bonchev–Trinajstić information content (AvgIpc) is 1.96. The molecule has 0 atom stereocenters. The van der Waals surface area contributed by atoms with Gasteiger partial charge < -0.3 is 9.47 Å². The molecule has 0 aromatic carbocycles. The highest BCUT2D eigenvalue weighted by Gasteiger charge is 1.87. The van der Waals surface area contributed by atoms with Crippen LogP contribution in [-0.2, 0) is 9.47 Å². The fraction of sp³-hybridized carbons (Fsp3) is 0.778. The van der Waals surface area contributed by atoms with E-state index >= 15 is 0 Å². The van der Waals surface area contributed by atoms with Crippen LogP contribution >= 0.6 is 0 Å². The lowest BCUT2D eigenvalue weighted by molar-refractivity contribution is 0.102. The summed E-state index contributed by atoms with van der Waals surface area (Å²) in [6, 6.07) is 0. The second-order valence-corrected chi connectivity index (χ2v) is 2.63. The highest BCUT2D eigenvalue weighted by atomic mass is 16.5. The minimum atomic E-state index is 0.321. The van der Waals surface area contributed by atoms with E-state index in [0.29, 0.717) is 12.7 Å². The lowest BCUT2D eigenvalue weighted by Crippen LogP contribution is -2.01. The van der Waals surface area contributed by atoms with Crippen LogP contribution in [0, 0.1) is 0 Å². The van der Waals surface area contributed by atoms with Gasteiger partial charge in [0.25, 0.3) is 0 Å². The van der Waals surface area contributed by atoms with Crippen molar-refractivity contribution in [2.45, 2.75) is 26.4 Å². The molecule has 0 aromatic rings. The van der Waals surface area contributed by atoms with Crippen LogP contribution in [0.3, 0.4) is 0 Å². The summed E-state index contributed by atoms with van der Waals surface area (Å²) in [4.78, 5) is 0. The Balaban J connectivity index is 3.03. The minimum Gasteiger partial charge on any atom is -0.384 e. The largest absolute Gasteiger partial charge is 0.384 e. The lowest BCUT2D eigenvalue weighted by Gasteiger charge is -2.02. The molecule has 0 N–H and O–H groups in total. The molecule has 66 valence electrons. The van der Waals surface area contributed by atoms with Gasteiger partial charge in [0.15, 0.2) is 0 Å². The quantitative estimate of drug-likeness (QED) is 0.435. The van der Waals surface area contributed by atoms with Crippen LogP contribution in [0.2, 0.25) is 0 Å². The normalized spacial score (nSPS) is 11.6. The van der Waals surface area contributed by atoms with Gasteiger partial charge in [0.2, 0.25) is 0 Å². The molecule has 0 amide bonds. The van der Waals surface area contributed by atoms with Crippen molar-refractivity contribution in [3.8, 4) is 0 Å². The van der Waals surface area contributed by atoms with Gasteiger partial charge in [-0.2, -0.15) is 0 Å². The van der Waals surface area contributed by atoms with Gasteiger partial charge in [0.05, 0.1) is 12.7 Å². The van der Waals surface area contributed by atoms with Crippen LogP contribution in [0.5, 0.6) is 0 Å². The number of hydrogen-bond acceptors (Lipinski definition) is 2. The van der Waals surface area contributed by atoms with Gasteiger partial charge >= 0.3 is 0 Å². The smallest absolute Gasteiger partial charge is 0.0650 e. The van der Waals surface area contributed by atoms with Crippen molar-refractivity contribution < 1.29 is 9.47 Å². The fourth-order valence-electron chi connectivity index (χ4n) is 0.620.